The van der Waals surface area contributed by atoms with Crippen molar-refractivity contribution in [1.82, 2.24) is 4.90 Å². The summed E-state index contributed by atoms with van der Waals surface area (Å²) in [5.41, 5.74) is 3.19. The smallest absolute Gasteiger partial charge is 0.305 e. The number of hydrogen-bond acceptors (Lipinski definition) is 2. The van der Waals surface area contributed by atoms with Crippen LogP contribution < -0.4 is 0 Å². The van der Waals surface area contributed by atoms with Crippen molar-refractivity contribution in [2.75, 3.05) is 13.1 Å². The number of nitrogens with zero attached hydrogens (tertiary/aromatic N) is 1. The van der Waals surface area contributed by atoms with Crippen LogP contribution in [0.4, 0.5) is 0 Å². The van der Waals surface area contributed by atoms with Crippen LogP contribution in [0.5, 0.6) is 0 Å². The average Bonchev–Trinajstić information content (AvgIpc) is 2.90. The maximum atomic E-state index is 12.8. The van der Waals surface area contributed by atoms with Crippen molar-refractivity contribution in [1.29, 1.82) is 0 Å². The first-order chi connectivity index (χ1) is 9.99. The highest BCUT2D eigenvalue weighted by atomic mass is 16.4. The third-order valence-corrected chi connectivity index (χ3v) is 3.84. The van der Waals surface area contributed by atoms with Gasteiger partial charge in [0, 0.05) is 18.7 Å². The minimum absolute atomic E-state index is 0.00646. The highest BCUT2D eigenvalue weighted by molar-refractivity contribution is 5.96. The molecule has 1 aromatic carbocycles. The summed E-state index contributed by atoms with van der Waals surface area (Å²) in [6, 6.07) is 5.89. The van der Waals surface area contributed by atoms with E-state index in [2.05, 4.69) is 6.07 Å². The number of aryl methyl sites for hydroxylation is 1. The van der Waals surface area contributed by atoms with Gasteiger partial charge in [-0.2, -0.15) is 0 Å². The Hall–Kier alpha value is -1.84. The Balaban J connectivity index is 2.21. The molecule has 1 aliphatic carbocycles. The highest BCUT2D eigenvalue weighted by Gasteiger charge is 2.23. The lowest BCUT2D eigenvalue weighted by molar-refractivity contribution is -0.137. The van der Waals surface area contributed by atoms with Gasteiger partial charge in [-0.15, -0.1) is 0 Å². The summed E-state index contributed by atoms with van der Waals surface area (Å²) in [7, 11) is 0. The zero-order valence-corrected chi connectivity index (χ0v) is 12.8. The molecule has 1 N–H and O–H groups in total. The van der Waals surface area contributed by atoms with Crippen molar-refractivity contribution in [3.05, 3.63) is 34.9 Å². The van der Waals surface area contributed by atoms with Gasteiger partial charge in [0.05, 0.1) is 6.42 Å². The second-order valence-electron chi connectivity index (χ2n) is 6.09. The molecule has 0 atom stereocenters. The van der Waals surface area contributed by atoms with Crippen LogP contribution in [0.3, 0.4) is 0 Å². The molecule has 0 aromatic heterocycles. The number of benzene rings is 1. The molecule has 1 aromatic rings. The van der Waals surface area contributed by atoms with Crippen molar-refractivity contribution >= 4 is 11.9 Å². The zero-order valence-electron chi connectivity index (χ0n) is 12.8. The number of rotatable bonds is 6. The van der Waals surface area contributed by atoms with E-state index in [9.17, 15) is 9.59 Å². The molecule has 4 nitrogen and oxygen atoms in total. The Morgan fingerprint density at radius 3 is 2.71 bits per heavy atom. The number of amides is 1. The Morgan fingerprint density at radius 2 is 2.05 bits per heavy atom. The van der Waals surface area contributed by atoms with Gasteiger partial charge in [-0.25, -0.2) is 0 Å². The molecule has 1 aliphatic rings. The standard InChI is InChI=1S/C17H23NO3/c1-12(2)11-18(10-9-16(19)20)17(21)15-8-4-6-13-5-3-7-14(13)15/h4,6,8,12H,3,5,7,9-11H2,1-2H3,(H,19,20). The molecule has 2 rings (SSSR count). The highest BCUT2D eigenvalue weighted by Crippen LogP contribution is 2.26. The number of carboxylic acids is 1. The largest absolute Gasteiger partial charge is 0.481 e. The molecular weight excluding hydrogens is 266 g/mol. The molecule has 0 radical (unpaired) electrons. The number of carbonyl (C=O) groups excluding carboxylic acids is 1. The fourth-order valence-electron chi connectivity index (χ4n) is 2.94. The summed E-state index contributed by atoms with van der Waals surface area (Å²) in [5.74, 6) is -0.571. The van der Waals surface area contributed by atoms with Gasteiger partial charge in [0.2, 0.25) is 0 Å². The molecular formula is C17H23NO3. The number of fused-ring (bicyclic) bond motifs is 1. The van der Waals surface area contributed by atoms with Crippen LogP contribution in [0, 0.1) is 5.92 Å². The first kappa shape index (κ1) is 15.5. The summed E-state index contributed by atoms with van der Waals surface area (Å²) in [6.07, 6.45) is 3.08. The number of aliphatic carboxylic acids is 1. The van der Waals surface area contributed by atoms with Crippen LogP contribution in [0.15, 0.2) is 18.2 Å². The second kappa shape index (κ2) is 6.74. The second-order valence-corrected chi connectivity index (χ2v) is 6.09. The van der Waals surface area contributed by atoms with Gasteiger partial charge >= 0.3 is 5.97 Å². The van der Waals surface area contributed by atoms with E-state index >= 15 is 0 Å². The molecule has 0 aliphatic heterocycles. The predicted molar refractivity (Wildman–Crippen MR) is 81.5 cm³/mol. The summed E-state index contributed by atoms with van der Waals surface area (Å²) in [6.45, 7) is 4.94. The van der Waals surface area contributed by atoms with Crippen LogP contribution in [-0.4, -0.2) is 35.0 Å². The maximum Gasteiger partial charge on any atom is 0.305 e. The predicted octanol–water partition coefficient (Wildman–Crippen LogP) is 2.75. The molecule has 0 heterocycles. The van der Waals surface area contributed by atoms with E-state index in [4.69, 9.17) is 5.11 Å². The third kappa shape index (κ3) is 3.84. The fourth-order valence-corrected chi connectivity index (χ4v) is 2.94. The molecule has 0 unspecified atom stereocenters. The molecule has 1 amide bonds. The van der Waals surface area contributed by atoms with E-state index < -0.39 is 5.97 Å². The summed E-state index contributed by atoms with van der Waals surface area (Å²) >= 11 is 0. The van der Waals surface area contributed by atoms with Crippen LogP contribution in [0.1, 0.15) is 48.2 Å². The lowest BCUT2D eigenvalue weighted by atomic mass is 10.0. The third-order valence-electron chi connectivity index (χ3n) is 3.84. The number of carbonyl (C=O) groups is 2. The monoisotopic (exact) mass is 289 g/mol. The van der Waals surface area contributed by atoms with E-state index in [1.54, 1.807) is 4.90 Å². The molecule has 0 fully saturated rings. The van der Waals surface area contributed by atoms with Gasteiger partial charge in [-0.1, -0.05) is 26.0 Å². The van der Waals surface area contributed by atoms with Gasteiger partial charge < -0.3 is 10.0 Å². The van der Waals surface area contributed by atoms with Crippen LogP contribution in [0.2, 0.25) is 0 Å². The number of carboxylic acid groups (broad SMARTS) is 1. The first-order valence-electron chi connectivity index (χ1n) is 7.61. The number of hydrogen-bond donors (Lipinski definition) is 1. The summed E-state index contributed by atoms with van der Waals surface area (Å²) < 4.78 is 0. The van der Waals surface area contributed by atoms with Crippen molar-refractivity contribution in [2.24, 2.45) is 5.92 Å². The SMILES string of the molecule is CC(C)CN(CCC(=O)O)C(=O)c1cccc2c1CCC2. The summed E-state index contributed by atoms with van der Waals surface area (Å²) in [4.78, 5) is 25.3. The van der Waals surface area contributed by atoms with Crippen molar-refractivity contribution in [3.8, 4) is 0 Å². The van der Waals surface area contributed by atoms with Crippen molar-refractivity contribution in [2.45, 2.75) is 39.5 Å². The normalized spacial score (nSPS) is 13.3. The van der Waals surface area contributed by atoms with E-state index in [0.717, 1.165) is 30.4 Å². The van der Waals surface area contributed by atoms with Crippen LogP contribution in [0.25, 0.3) is 0 Å². The lowest BCUT2D eigenvalue weighted by Crippen LogP contribution is -2.36. The van der Waals surface area contributed by atoms with E-state index in [0.29, 0.717) is 12.5 Å². The minimum Gasteiger partial charge on any atom is -0.481 e. The van der Waals surface area contributed by atoms with Gasteiger partial charge in [0.1, 0.15) is 0 Å². The van der Waals surface area contributed by atoms with E-state index in [1.165, 1.54) is 5.56 Å². The maximum absolute atomic E-state index is 12.8. The van der Waals surface area contributed by atoms with Gasteiger partial charge in [0.25, 0.3) is 5.91 Å². The van der Waals surface area contributed by atoms with Gasteiger partial charge in [0.15, 0.2) is 0 Å². The average molecular weight is 289 g/mol. The Bertz CT molecular complexity index is 537. The zero-order chi connectivity index (χ0) is 15.4. The molecule has 0 saturated heterocycles. The molecule has 0 saturated carbocycles. The van der Waals surface area contributed by atoms with Gasteiger partial charge in [-0.05, 0) is 42.4 Å². The van der Waals surface area contributed by atoms with E-state index in [1.807, 2.05) is 26.0 Å². The van der Waals surface area contributed by atoms with Crippen LogP contribution in [-0.2, 0) is 17.6 Å². The molecule has 114 valence electrons. The fraction of sp³-hybridized carbons (Fsp3) is 0.529. The minimum atomic E-state index is -0.866. The van der Waals surface area contributed by atoms with Crippen molar-refractivity contribution in [3.63, 3.8) is 0 Å². The van der Waals surface area contributed by atoms with Crippen LogP contribution >= 0.6 is 0 Å². The Morgan fingerprint density at radius 1 is 1.29 bits per heavy atom. The van der Waals surface area contributed by atoms with Crippen molar-refractivity contribution < 1.29 is 14.7 Å². The van der Waals surface area contributed by atoms with E-state index in [-0.39, 0.29) is 18.9 Å². The first-order valence-corrected chi connectivity index (χ1v) is 7.61. The topological polar surface area (TPSA) is 57.6 Å². The molecule has 0 spiro atoms. The Labute approximate surface area is 125 Å². The molecule has 0 bridgehead atoms. The lowest BCUT2D eigenvalue weighted by Gasteiger charge is -2.25. The molecule has 4 heteroatoms. The Kier molecular flexibility index (Phi) is 4.99. The molecule has 21 heavy (non-hydrogen) atoms. The quantitative estimate of drug-likeness (QED) is 0.876. The van der Waals surface area contributed by atoms with Gasteiger partial charge in [-0.3, -0.25) is 9.59 Å². The summed E-state index contributed by atoms with van der Waals surface area (Å²) in [5, 5.41) is 8.87.